The Kier molecular flexibility index (Phi) is 3.69. The topological polar surface area (TPSA) is 49.4 Å². The average molecular weight is 280 g/mol. The Bertz CT molecular complexity index is 640. The third-order valence-electron chi connectivity index (χ3n) is 3.68. The fourth-order valence-corrected chi connectivity index (χ4v) is 2.53. The molecular formula is C17H16N2O2. The number of nitrogens with one attached hydrogen (secondary N) is 1. The highest BCUT2D eigenvalue weighted by atomic mass is 16.2. The van der Waals surface area contributed by atoms with Crippen molar-refractivity contribution >= 4 is 11.9 Å². The van der Waals surface area contributed by atoms with Crippen LogP contribution in [0.25, 0.3) is 0 Å². The molecular weight excluding hydrogens is 264 g/mol. The molecule has 1 fully saturated rings. The van der Waals surface area contributed by atoms with Crippen LogP contribution in [0.15, 0.2) is 60.7 Å². The van der Waals surface area contributed by atoms with E-state index >= 15 is 0 Å². The molecule has 4 heteroatoms. The van der Waals surface area contributed by atoms with E-state index in [1.54, 1.807) is 24.3 Å². The molecule has 0 aromatic heterocycles. The van der Waals surface area contributed by atoms with Crippen LogP contribution < -0.4 is 5.32 Å². The van der Waals surface area contributed by atoms with E-state index in [2.05, 4.69) is 5.32 Å². The fraction of sp³-hybridized carbons (Fsp3) is 0.176. The maximum atomic E-state index is 12.5. The largest absolute Gasteiger partial charge is 0.337 e. The van der Waals surface area contributed by atoms with Crippen LogP contribution in [0, 0.1) is 0 Å². The Morgan fingerprint density at radius 3 is 2.29 bits per heavy atom. The molecule has 0 saturated carbocycles. The lowest BCUT2D eigenvalue weighted by atomic mass is 9.97. The summed E-state index contributed by atoms with van der Waals surface area (Å²) in [5.41, 5.74) is 1.66. The highest BCUT2D eigenvalue weighted by Gasteiger charge is 2.31. The maximum absolute atomic E-state index is 12.5. The van der Waals surface area contributed by atoms with Crippen molar-refractivity contribution in [2.24, 2.45) is 0 Å². The van der Waals surface area contributed by atoms with Crippen LogP contribution in [-0.4, -0.2) is 29.9 Å². The lowest BCUT2D eigenvalue weighted by molar-refractivity contribution is 0.0772. The van der Waals surface area contributed by atoms with Crippen molar-refractivity contribution in [3.8, 4) is 0 Å². The number of carbonyl (C=O) groups is 2. The smallest absolute Gasteiger partial charge is 0.324 e. The molecule has 2 aromatic carbocycles. The van der Waals surface area contributed by atoms with Crippen molar-refractivity contribution in [3.05, 3.63) is 71.8 Å². The summed E-state index contributed by atoms with van der Waals surface area (Å²) in [4.78, 5) is 25.7. The highest BCUT2D eigenvalue weighted by Crippen LogP contribution is 2.21. The number of hydrogen-bond donors (Lipinski definition) is 1. The van der Waals surface area contributed by atoms with E-state index in [1.807, 2.05) is 36.4 Å². The van der Waals surface area contributed by atoms with Crippen LogP contribution in [0.4, 0.5) is 4.79 Å². The Hall–Kier alpha value is -2.62. The van der Waals surface area contributed by atoms with Crippen LogP contribution in [-0.2, 0) is 0 Å². The second-order valence-electron chi connectivity index (χ2n) is 5.08. The molecule has 0 radical (unpaired) electrons. The molecule has 0 aliphatic carbocycles. The van der Waals surface area contributed by atoms with Crippen molar-refractivity contribution in [1.82, 2.24) is 10.2 Å². The number of carbonyl (C=O) groups excluding carboxylic acids is 2. The van der Waals surface area contributed by atoms with E-state index in [0.29, 0.717) is 18.7 Å². The molecule has 1 unspecified atom stereocenters. The number of amides is 3. The summed E-state index contributed by atoms with van der Waals surface area (Å²) in [7, 11) is 0. The first-order valence-electron chi connectivity index (χ1n) is 6.95. The van der Waals surface area contributed by atoms with Crippen molar-refractivity contribution in [2.75, 3.05) is 13.1 Å². The summed E-state index contributed by atoms with van der Waals surface area (Å²) in [5, 5.41) is 2.80. The van der Waals surface area contributed by atoms with Crippen molar-refractivity contribution < 1.29 is 9.59 Å². The van der Waals surface area contributed by atoms with Gasteiger partial charge in [-0.3, -0.25) is 9.69 Å². The van der Waals surface area contributed by atoms with Gasteiger partial charge in [-0.15, -0.1) is 0 Å². The van der Waals surface area contributed by atoms with Crippen LogP contribution >= 0.6 is 0 Å². The minimum atomic E-state index is -0.323. The monoisotopic (exact) mass is 280 g/mol. The number of rotatable bonds is 2. The van der Waals surface area contributed by atoms with E-state index in [0.717, 1.165) is 5.56 Å². The maximum Gasteiger partial charge on any atom is 0.324 e. The summed E-state index contributed by atoms with van der Waals surface area (Å²) in [5.74, 6) is -0.134. The van der Waals surface area contributed by atoms with Gasteiger partial charge in [0.1, 0.15) is 0 Å². The molecule has 1 saturated heterocycles. The van der Waals surface area contributed by atoms with Crippen LogP contribution in [0.2, 0.25) is 0 Å². The molecule has 1 atom stereocenters. The van der Waals surface area contributed by atoms with E-state index in [1.165, 1.54) is 4.90 Å². The molecule has 3 rings (SSSR count). The van der Waals surface area contributed by atoms with E-state index < -0.39 is 0 Å². The molecule has 1 aliphatic rings. The van der Waals surface area contributed by atoms with Gasteiger partial charge in [0.25, 0.3) is 5.91 Å². The summed E-state index contributed by atoms with van der Waals surface area (Å²) in [6, 6.07) is 18.5. The van der Waals surface area contributed by atoms with Crippen molar-refractivity contribution in [3.63, 3.8) is 0 Å². The normalized spacial score (nSPS) is 18.2. The number of benzene rings is 2. The molecule has 2 aromatic rings. The molecule has 106 valence electrons. The van der Waals surface area contributed by atoms with Gasteiger partial charge in [-0.05, 0) is 17.7 Å². The summed E-state index contributed by atoms with van der Waals surface area (Å²) >= 11 is 0. The molecule has 1 N–H and O–H groups in total. The zero-order valence-electron chi connectivity index (χ0n) is 11.5. The number of hydrogen-bond acceptors (Lipinski definition) is 2. The molecule has 21 heavy (non-hydrogen) atoms. The first kappa shape index (κ1) is 13.4. The Morgan fingerprint density at radius 1 is 1.00 bits per heavy atom. The Balaban J connectivity index is 1.81. The van der Waals surface area contributed by atoms with Gasteiger partial charge in [0.2, 0.25) is 0 Å². The van der Waals surface area contributed by atoms with E-state index in [-0.39, 0.29) is 17.9 Å². The predicted octanol–water partition coefficient (Wildman–Crippen LogP) is 2.64. The van der Waals surface area contributed by atoms with Crippen LogP contribution in [0.1, 0.15) is 21.8 Å². The lowest BCUT2D eigenvalue weighted by Gasteiger charge is -2.32. The molecule has 1 heterocycles. The number of urea groups is 1. The van der Waals surface area contributed by atoms with Gasteiger partial charge in [-0.25, -0.2) is 4.79 Å². The SMILES string of the molecule is O=C1NCC(c2ccccc2)CN1C(=O)c1ccccc1. The van der Waals surface area contributed by atoms with Crippen LogP contribution in [0.5, 0.6) is 0 Å². The van der Waals surface area contributed by atoms with Gasteiger partial charge in [0.05, 0.1) is 0 Å². The molecule has 0 spiro atoms. The van der Waals surface area contributed by atoms with Gasteiger partial charge in [-0.2, -0.15) is 0 Å². The average Bonchev–Trinajstić information content (AvgIpc) is 2.56. The Labute approximate surface area is 123 Å². The second kappa shape index (κ2) is 5.79. The third-order valence-corrected chi connectivity index (χ3v) is 3.68. The Morgan fingerprint density at radius 2 is 1.62 bits per heavy atom. The predicted molar refractivity (Wildman–Crippen MR) is 80.1 cm³/mol. The fourth-order valence-electron chi connectivity index (χ4n) is 2.53. The zero-order valence-corrected chi connectivity index (χ0v) is 11.5. The summed E-state index contributed by atoms with van der Waals surface area (Å²) in [6.45, 7) is 0.963. The number of imide groups is 1. The quantitative estimate of drug-likeness (QED) is 0.919. The van der Waals surface area contributed by atoms with Crippen molar-refractivity contribution in [2.45, 2.75) is 5.92 Å². The molecule has 0 bridgehead atoms. The van der Waals surface area contributed by atoms with Gasteiger partial charge in [-0.1, -0.05) is 48.5 Å². The minimum Gasteiger partial charge on any atom is -0.337 e. The van der Waals surface area contributed by atoms with Gasteiger partial charge in [0, 0.05) is 24.6 Å². The van der Waals surface area contributed by atoms with Gasteiger partial charge >= 0.3 is 6.03 Å². The highest BCUT2D eigenvalue weighted by molar-refractivity contribution is 6.04. The summed E-state index contributed by atoms with van der Waals surface area (Å²) in [6.07, 6.45) is 0. The molecule has 3 amide bonds. The zero-order chi connectivity index (χ0) is 14.7. The first-order valence-corrected chi connectivity index (χ1v) is 6.95. The summed E-state index contributed by atoms with van der Waals surface area (Å²) < 4.78 is 0. The lowest BCUT2D eigenvalue weighted by Crippen LogP contribution is -2.52. The third kappa shape index (κ3) is 2.79. The number of nitrogens with zero attached hydrogens (tertiary/aromatic N) is 1. The molecule has 4 nitrogen and oxygen atoms in total. The minimum absolute atomic E-state index is 0.122. The van der Waals surface area contributed by atoms with Crippen LogP contribution in [0.3, 0.4) is 0 Å². The van der Waals surface area contributed by atoms with E-state index in [4.69, 9.17) is 0 Å². The second-order valence-corrected chi connectivity index (χ2v) is 5.08. The van der Waals surface area contributed by atoms with Crippen molar-refractivity contribution in [1.29, 1.82) is 0 Å². The molecule has 1 aliphatic heterocycles. The van der Waals surface area contributed by atoms with Gasteiger partial charge in [0.15, 0.2) is 0 Å². The van der Waals surface area contributed by atoms with Gasteiger partial charge < -0.3 is 5.32 Å². The first-order chi connectivity index (χ1) is 10.3. The standard InChI is InChI=1S/C17H16N2O2/c20-16(14-9-5-2-6-10-14)19-12-15(11-18-17(19)21)13-7-3-1-4-8-13/h1-10,15H,11-12H2,(H,18,21). The van der Waals surface area contributed by atoms with E-state index in [9.17, 15) is 9.59 Å².